The van der Waals surface area contributed by atoms with Crippen LogP contribution in [0.15, 0.2) is 18.2 Å². The maximum Gasteiger partial charge on any atom is 0.103 e. The minimum absolute atomic E-state index is 0.0942. The Hall–Kier alpha value is -1.57. The zero-order valence-electron chi connectivity index (χ0n) is 11.0. The molecule has 98 valence electrons. The summed E-state index contributed by atoms with van der Waals surface area (Å²) in [5, 5.41) is 14.0. The van der Waals surface area contributed by atoms with Gasteiger partial charge < -0.3 is 5.32 Å². The molecule has 1 heterocycles. The van der Waals surface area contributed by atoms with Crippen LogP contribution >= 0.6 is 22.9 Å². The number of nitriles is 1. The molecule has 1 aromatic carbocycles. The van der Waals surface area contributed by atoms with Crippen molar-refractivity contribution in [1.29, 1.82) is 5.26 Å². The first-order chi connectivity index (χ1) is 9.02. The molecular weight excluding hydrogens is 278 g/mol. The molecule has 1 N–H and O–H groups in total. The summed E-state index contributed by atoms with van der Waals surface area (Å²) in [5.74, 6) is 0. The molecule has 0 aliphatic heterocycles. The predicted octanol–water partition coefficient (Wildman–Crippen LogP) is 4.46. The van der Waals surface area contributed by atoms with Crippen LogP contribution < -0.4 is 5.32 Å². The molecular formula is C14H14ClN3S. The average molecular weight is 292 g/mol. The summed E-state index contributed by atoms with van der Waals surface area (Å²) in [6, 6.07) is 7.65. The van der Waals surface area contributed by atoms with Gasteiger partial charge in [0.2, 0.25) is 0 Å². The zero-order valence-corrected chi connectivity index (χ0v) is 12.6. The molecule has 0 spiro atoms. The Morgan fingerprint density at radius 3 is 2.74 bits per heavy atom. The molecule has 1 atom stereocenters. The molecule has 0 saturated heterocycles. The fourth-order valence-corrected chi connectivity index (χ4v) is 3.15. The number of thiazole rings is 1. The second kappa shape index (κ2) is 5.60. The maximum atomic E-state index is 9.16. The third-order valence-corrected chi connectivity index (χ3v) is 4.40. The number of nitrogens with zero attached hydrogens (tertiary/aromatic N) is 2. The number of aryl methyl sites for hydroxylation is 2. The van der Waals surface area contributed by atoms with E-state index in [1.165, 1.54) is 4.88 Å². The molecule has 0 aliphatic carbocycles. The minimum Gasteiger partial charge on any atom is -0.377 e. The fourth-order valence-electron chi connectivity index (χ4n) is 2.01. The van der Waals surface area contributed by atoms with E-state index in [0.717, 1.165) is 16.4 Å². The smallest absolute Gasteiger partial charge is 0.103 e. The Balaban J connectivity index is 2.30. The molecule has 3 nitrogen and oxygen atoms in total. The fraction of sp³-hybridized carbons (Fsp3) is 0.286. The first-order valence-corrected chi connectivity index (χ1v) is 7.11. The molecule has 5 heteroatoms. The van der Waals surface area contributed by atoms with Crippen LogP contribution in [0.4, 0.5) is 5.69 Å². The second-order valence-corrected chi connectivity index (χ2v) is 5.96. The van der Waals surface area contributed by atoms with Crippen LogP contribution in [0.2, 0.25) is 5.02 Å². The lowest BCUT2D eigenvalue weighted by Crippen LogP contribution is -2.07. The van der Waals surface area contributed by atoms with E-state index in [-0.39, 0.29) is 6.04 Å². The number of benzene rings is 1. The van der Waals surface area contributed by atoms with Crippen LogP contribution in [0.25, 0.3) is 0 Å². The number of hydrogen-bond donors (Lipinski definition) is 1. The van der Waals surface area contributed by atoms with Crippen molar-refractivity contribution in [1.82, 2.24) is 4.98 Å². The van der Waals surface area contributed by atoms with Gasteiger partial charge in [-0.05, 0) is 32.9 Å². The molecule has 0 radical (unpaired) electrons. The van der Waals surface area contributed by atoms with Crippen molar-refractivity contribution in [2.45, 2.75) is 26.8 Å². The topological polar surface area (TPSA) is 48.7 Å². The third kappa shape index (κ3) is 2.89. The molecule has 2 rings (SSSR count). The van der Waals surface area contributed by atoms with Crippen LogP contribution in [0, 0.1) is 25.2 Å². The van der Waals surface area contributed by atoms with Gasteiger partial charge in [0.05, 0.1) is 33.0 Å². The first-order valence-electron chi connectivity index (χ1n) is 5.92. The summed E-state index contributed by atoms with van der Waals surface area (Å²) in [6.45, 7) is 6.05. The van der Waals surface area contributed by atoms with Crippen molar-refractivity contribution in [3.05, 3.63) is 44.4 Å². The van der Waals surface area contributed by atoms with Crippen molar-refractivity contribution in [2.24, 2.45) is 0 Å². The standard InChI is InChI=1S/C14H14ClN3S/c1-8-14(19-10(3)17-8)9(2)18-13-6-4-5-12(15)11(13)7-16/h4-6,9,18H,1-3H3. The predicted molar refractivity (Wildman–Crippen MR) is 79.8 cm³/mol. The third-order valence-electron chi connectivity index (χ3n) is 2.83. The molecule has 19 heavy (non-hydrogen) atoms. The SMILES string of the molecule is Cc1nc(C)c(C(C)Nc2cccc(Cl)c2C#N)s1. The monoisotopic (exact) mass is 291 g/mol. The number of rotatable bonds is 3. The quantitative estimate of drug-likeness (QED) is 0.908. The Bertz CT molecular complexity index is 643. The largest absolute Gasteiger partial charge is 0.377 e. The average Bonchev–Trinajstić information content (AvgIpc) is 2.69. The Morgan fingerprint density at radius 2 is 2.16 bits per heavy atom. The van der Waals surface area contributed by atoms with Gasteiger partial charge >= 0.3 is 0 Å². The van der Waals surface area contributed by atoms with Gasteiger partial charge in [0.15, 0.2) is 0 Å². The van der Waals surface area contributed by atoms with Crippen LogP contribution in [0.1, 0.15) is 34.1 Å². The van der Waals surface area contributed by atoms with Gasteiger partial charge in [0.1, 0.15) is 6.07 Å². The molecule has 2 aromatic rings. The van der Waals surface area contributed by atoms with Crippen LogP contribution in [0.3, 0.4) is 0 Å². The summed E-state index contributed by atoms with van der Waals surface area (Å²) >= 11 is 7.69. The van der Waals surface area contributed by atoms with Crippen molar-refractivity contribution >= 4 is 28.6 Å². The summed E-state index contributed by atoms with van der Waals surface area (Å²) in [6.07, 6.45) is 0. The van der Waals surface area contributed by atoms with Crippen molar-refractivity contribution in [2.75, 3.05) is 5.32 Å². The summed E-state index contributed by atoms with van der Waals surface area (Å²) < 4.78 is 0. The first kappa shape index (κ1) is 13.9. The van der Waals surface area contributed by atoms with E-state index in [1.807, 2.05) is 26.0 Å². The van der Waals surface area contributed by atoms with Crippen LogP contribution in [-0.2, 0) is 0 Å². The Labute approximate surface area is 121 Å². The van der Waals surface area contributed by atoms with E-state index in [2.05, 4.69) is 23.3 Å². The molecule has 0 aliphatic rings. The van der Waals surface area contributed by atoms with Gasteiger partial charge in [-0.25, -0.2) is 4.98 Å². The summed E-state index contributed by atoms with van der Waals surface area (Å²) in [5.41, 5.74) is 2.27. The zero-order chi connectivity index (χ0) is 14.0. The van der Waals surface area contributed by atoms with Crippen molar-refractivity contribution in [3.63, 3.8) is 0 Å². The minimum atomic E-state index is 0.0942. The van der Waals surface area contributed by atoms with Gasteiger partial charge in [-0.3, -0.25) is 0 Å². The molecule has 0 amide bonds. The molecule has 0 fully saturated rings. The Kier molecular flexibility index (Phi) is 4.08. The van der Waals surface area contributed by atoms with E-state index in [1.54, 1.807) is 17.4 Å². The number of aromatic nitrogens is 1. The number of hydrogen-bond acceptors (Lipinski definition) is 4. The lowest BCUT2D eigenvalue weighted by Gasteiger charge is -2.15. The van der Waals surface area contributed by atoms with E-state index >= 15 is 0 Å². The number of anilines is 1. The van der Waals surface area contributed by atoms with Crippen molar-refractivity contribution < 1.29 is 0 Å². The van der Waals surface area contributed by atoms with Gasteiger partial charge in [-0.1, -0.05) is 17.7 Å². The highest BCUT2D eigenvalue weighted by Crippen LogP contribution is 2.30. The van der Waals surface area contributed by atoms with Crippen LogP contribution in [-0.4, -0.2) is 4.98 Å². The number of nitrogens with one attached hydrogen (secondary N) is 1. The molecule has 1 unspecified atom stereocenters. The van der Waals surface area contributed by atoms with E-state index in [9.17, 15) is 0 Å². The van der Waals surface area contributed by atoms with Gasteiger partial charge in [0.25, 0.3) is 0 Å². The van der Waals surface area contributed by atoms with Gasteiger partial charge in [-0.2, -0.15) is 5.26 Å². The number of halogens is 1. The lowest BCUT2D eigenvalue weighted by molar-refractivity contribution is 0.889. The van der Waals surface area contributed by atoms with Gasteiger partial charge in [-0.15, -0.1) is 11.3 Å². The molecule has 1 aromatic heterocycles. The van der Waals surface area contributed by atoms with Crippen molar-refractivity contribution in [3.8, 4) is 6.07 Å². The normalized spacial score (nSPS) is 11.9. The highest BCUT2D eigenvalue weighted by molar-refractivity contribution is 7.11. The van der Waals surface area contributed by atoms with E-state index < -0.39 is 0 Å². The van der Waals surface area contributed by atoms with Crippen LogP contribution in [0.5, 0.6) is 0 Å². The van der Waals surface area contributed by atoms with Gasteiger partial charge in [0, 0.05) is 4.88 Å². The second-order valence-electron chi connectivity index (χ2n) is 4.32. The highest BCUT2D eigenvalue weighted by Gasteiger charge is 2.15. The summed E-state index contributed by atoms with van der Waals surface area (Å²) in [7, 11) is 0. The van der Waals surface area contributed by atoms with E-state index in [0.29, 0.717) is 10.6 Å². The maximum absolute atomic E-state index is 9.16. The Morgan fingerprint density at radius 1 is 1.42 bits per heavy atom. The van der Waals surface area contributed by atoms with E-state index in [4.69, 9.17) is 16.9 Å². The summed E-state index contributed by atoms with van der Waals surface area (Å²) in [4.78, 5) is 5.60. The molecule has 0 bridgehead atoms. The molecule has 0 saturated carbocycles. The lowest BCUT2D eigenvalue weighted by atomic mass is 10.1. The highest BCUT2D eigenvalue weighted by atomic mass is 35.5.